The van der Waals surface area contributed by atoms with E-state index in [9.17, 15) is 4.79 Å². The number of amides is 1. The first kappa shape index (κ1) is 17.4. The molecule has 6 nitrogen and oxygen atoms in total. The SMILES string of the molecule is CC(C)(C)n1cc(CN2CCC[C@@H](C(=O)N3CCOCC3)C2)cn1. The Morgan fingerprint density at radius 1 is 1.29 bits per heavy atom. The predicted octanol–water partition coefficient (Wildman–Crippen LogP) is 1.71. The van der Waals surface area contributed by atoms with E-state index in [2.05, 4.69) is 37.0 Å². The summed E-state index contributed by atoms with van der Waals surface area (Å²) in [5.41, 5.74) is 1.24. The number of nitrogens with zero attached hydrogens (tertiary/aromatic N) is 4. The van der Waals surface area contributed by atoms with Crippen LogP contribution in [0.1, 0.15) is 39.2 Å². The monoisotopic (exact) mass is 334 g/mol. The van der Waals surface area contributed by atoms with Gasteiger partial charge in [0.05, 0.1) is 30.9 Å². The van der Waals surface area contributed by atoms with Crippen LogP contribution < -0.4 is 0 Å². The molecule has 0 unspecified atom stereocenters. The standard InChI is InChI=1S/C18H30N4O2/c1-18(2,3)22-13-15(11-19-22)12-20-6-4-5-16(14-20)17(23)21-7-9-24-10-8-21/h11,13,16H,4-10,12,14H2,1-3H3/t16-/m1/s1. The lowest BCUT2D eigenvalue weighted by Gasteiger charge is -2.36. The molecular formula is C18H30N4O2. The number of piperidine rings is 1. The summed E-state index contributed by atoms with van der Waals surface area (Å²) in [6.07, 6.45) is 6.19. The fraction of sp³-hybridized carbons (Fsp3) is 0.778. The second kappa shape index (κ2) is 7.23. The van der Waals surface area contributed by atoms with Crippen LogP contribution in [-0.4, -0.2) is 64.9 Å². The average Bonchev–Trinajstić information content (AvgIpc) is 3.04. The molecule has 1 atom stereocenters. The van der Waals surface area contributed by atoms with Gasteiger partial charge in [-0.05, 0) is 40.2 Å². The highest BCUT2D eigenvalue weighted by Gasteiger charge is 2.30. The van der Waals surface area contributed by atoms with Crippen LogP contribution in [-0.2, 0) is 21.6 Å². The first-order chi connectivity index (χ1) is 11.4. The molecule has 1 aromatic rings. The Morgan fingerprint density at radius 2 is 2.04 bits per heavy atom. The van der Waals surface area contributed by atoms with Crippen molar-refractivity contribution in [2.45, 2.75) is 45.7 Å². The molecular weight excluding hydrogens is 304 g/mol. The fourth-order valence-electron chi connectivity index (χ4n) is 3.51. The molecule has 0 spiro atoms. The lowest BCUT2D eigenvalue weighted by Crippen LogP contribution is -2.48. The van der Waals surface area contributed by atoms with E-state index in [1.807, 2.05) is 15.8 Å². The van der Waals surface area contributed by atoms with Gasteiger partial charge in [-0.1, -0.05) is 0 Å². The van der Waals surface area contributed by atoms with Gasteiger partial charge in [0.1, 0.15) is 0 Å². The zero-order valence-corrected chi connectivity index (χ0v) is 15.2. The van der Waals surface area contributed by atoms with E-state index in [0.717, 1.165) is 45.6 Å². The van der Waals surface area contributed by atoms with E-state index in [4.69, 9.17) is 4.74 Å². The molecule has 1 amide bonds. The highest BCUT2D eigenvalue weighted by atomic mass is 16.5. The Labute approximate surface area is 144 Å². The third kappa shape index (κ3) is 4.16. The van der Waals surface area contributed by atoms with Gasteiger partial charge in [-0.25, -0.2) is 0 Å². The topological polar surface area (TPSA) is 50.6 Å². The van der Waals surface area contributed by atoms with Crippen LogP contribution in [0.25, 0.3) is 0 Å². The first-order valence-electron chi connectivity index (χ1n) is 9.06. The summed E-state index contributed by atoms with van der Waals surface area (Å²) in [6, 6.07) is 0. The summed E-state index contributed by atoms with van der Waals surface area (Å²) in [6.45, 7) is 12.1. The van der Waals surface area contributed by atoms with Crippen molar-refractivity contribution in [3.8, 4) is 0 Å². The largest absolute Gasteiger partial charge is 0.378 e. The lowest BCUT2D eigenvalue weighted by molar-refractivity contribution is -0.141. The second-order valence-electron chi connectivity index (χ2n) is 7.98. The number of rotatable bonds is 3. The van der Waals surface area contributed by atoms with E-state index in [1.54, 1.807) is 0 Å². The van der Waals surface area contributed by atoms with Gasteiger partial charge in [0.25, 0.3) is 0 Å². The van der Waals surface area contributed by atoms with Crippen LogP contribution in [0.2, 0.25) is 0 Å². The maximum absolute atomic E-state index is 12.7. The van der Waals surface area contributed by atoms with Crippen molar-refractivity contribution in [3.05, 3.63) is 18.0 Å². The minimum atomic E-state index is 0.00891. The molecule has 0 radical (unpaired) electrons. The van der Waals surface area contributed by atoms with Crippen molar-refractivity contribution in [3.63, 3.8) is 0 Å². The number of hydrogen-bond acceptors (Lipinski definition) is 4. The highest BCUT2D eigenvalue weighted by Crippen LogP contribution is 2.22. The number of carbonyl (C=O) groups excluding carboxylic acids is 1. The maximum Gasteiger partial charge on any atom is 0.227 e. The van der Waals surface area contributed by atoms with Crippen LogP contribution in [0, 0.1) is 5.92 Å². The number of ether oxygens (including phenoxy) is 1. The van der Waals surface area contributed by atoms with Gasteiger partial charge in [0, 0.05) is 37.9 Å². The Kier molecular flexibility index (Phi) is 5.25. The van der Waals surface area contributed by atoms with Crippen LogP contribution in [0.5, 0.6) is 0 Å². The van der Waals surface area contributed by atoms with E-state index in [0.29, 0.717) is 19.1 Å². The molecule has 2 aliphatic rings. The van der Waals surface area contributed by atoms with E-state index in [1.165, 1.54) is 5.56 Å². The summed E-state index contributed by atoms with van der Waals surface area (Å²) >= 11 is 0. The number of hydrogen-bond donors (Lipinski definition) is 0. The molecule has 3 rings (SSSR count). The molecule has 0 N–H and O–H groups in total. The molecule has 24 heavy (non-hydrogen) atoms. The summed E-state index contributed by atoms with van der Waals surface area (Å²) in [5, 5.41) is 4.48. The summed E-state index contributed by atoms with van der Waals surface area (Å²) in [5.74, 6) is 0.447. The molecule has 1 aromatic heterocycles. The number of morpholine rings is 1. The van der Waals surface area contributed by atoms with Crippen molar-refractivity contribution in [2.24, 2.45) is 5.92 Å². The molecule has 0 saturated carbocycles. The summed E-state index contributed by atoms with van der Waals surface area (Å²) in [7, 11) is 0. The maximum atomic E-state index is 12.7. The molecule has 0 bridgehead atoms. The molecule has 2 fully saturated rings. The number of likely N-dealkylation sites (tertiary alicyclic amines) is 1. The average molecular weight is 334 g/mol. The van der Waals surface area contributed by atoms with Crippen LogP contribution >= 0.6 is 0 Å². The van der Waals surface area contributed by atoms with Gasteiger partial charge in [0.15, 0.2) is 0 Å². The van der Waals surface area contributed by atoms with Crippen molar-refractivity contribution in [1.82, 2.24) is 19.6 Å². The molecule has 0 aliphatic carbocycles. The Balaban J connectivity index is 1.57. The highest BCUT2D eigenvalue weighted by molar-refractivity contribution is 5.79. The number of carbonyl (C=O) groups is 1. The minimum absolute atomic E-state index is 0.00891. The fourth-order valence-corrected chi connectivity index (χ4v) is 3.51. The molecule has 2 saturated heterocycles. The Bertz CT molecular complexity index is 558. The van der Waals surface area contributed by atoms with E-state index >= 15 is 0 Å². The van der Waals surface area contributed by atoms with Crippen LogP contribution in [0.4, 0.5) is 0 Å². The zero-order valence-electron chi connectivity index (χ0n) is 15.2. The van der Waals surface area contributed by atoms with Crippen LogP contribution in [0.3, 0.4) is 0 Å². The van der Waals surface area contributed by atoms with E-state index < -0.39 is 0 Å². The van der Waals surface area contributed by atoms with E-state index in [-0.39, 0.29) is 11.5 Å². The molecule has 3 heterocycles. The van der Waals surface area contributed by atoms with Gasteiger partial charge < -0.3 is 9.64 Å². The van der Waals surface area contributed by atoms with Gasteiger partial charge in [-0.3, -0.25) is 14.4 Å². The first-order valence-corrected chi connectivity index (χ1v) is 9.06. The van der Waals surface area contributed by atoms with Gasteiger partial charge in [-0.15, -0.1) is 0 Å². The van der Waals surface area contributed by atoms with Crippen molar-refractivity contribution in [1.29, 1.82) is 0 Å². The lowest BCUT2D eigenvalue weighted by atomic mass is 9.96. The smallest absolute Gasteiger partial charge is 0.227 e. The third-order valence-corrected chi connectivity index (χ3v) is 4.91. The van der Waals surface area contributed by atoms with Crippen LogP contribution in [0.15, 0.2) is 12.4 Å². The third-order valence-electron chi connectivity index (χ3n) is 4.91. The molecule has 6 heteroatoms. The second-order valence-corrected chi connectivity index (χ2v) is 7.98. The normalized spacial score (nSPS) is 23.5. The zero-order chi connectivity index (χ0) is 17.2. The van der Waals surface area contributed by atoms with Crippen molar-refractivity contribution in [2.75, 3.05) is 39.4 Å². The molecule has 2 aliphatic heterocycles. The Morgan fingerprint density at radius 3 is 2.71 bits per heavy atom. The summed E-state index contributed by atoms with van der Waals surface area (Å²) < 4.78 is 7.37. The van der Waals surface area contributed by atoms with Crippen molar-refractivity contribution >= 4 is 5.91 Å². The van der Waals surface area contributed by atoms with Crippen molar-refractivity contribution < 1.29 is 9.53 Å². The van der Waals surface area contributed by atoms with Gasteiger partial charge >= 0.3 is 0 Å². The molecule has 134 valence electrons. The van der Waals surface area contributed by atoms with Gasteiger partial charge in [-0.2, -0.15) is 5.10 Å². The predicted molar refractivity (Wildman–Crippen MR) is 92.6 cm³/mol. The molecule has 0 aromatic carbocycles. The minimum Gasteiger partial charge on any atom is -0.378 e. The summed E-state index contributed by atoms with van der Waals surface area (Å²) in [4.78, 5) is 17.1. The quantitative estimate of drug-likeness (QED) is 0.844. The Hall–Kier alpha value is -1.40. The number of aromatic nitrogens is 2. The van der Waals surface area contributed by atoms with Gasteiger partial charge in [0.2, 0.25) is 5.91 Å².